The molecule has 2 N–H and O–H groups in total. The molecule has 3 amide bonds. The molecule has 0 bridgehead atoms. The van der Waals surface area contributed by atoms with Gasteiger partial charge < -0.3 is 10.4 Å². The lowest BCUT2D eigenvalue weighted by molar-refractivity contribution is -0.129. The van der Waals surface area contributed by atoms with E-state index in [1.165, 1.54) is 0 Å². The first-order chi connectivity index (χ1) is 6.11. The summed E-state index contributed by atoms with van der Waals surface area (Å²) in [7, 11) is 0. The predicted octanol–water partition coefficient (Wildman–Crippen LogP) is -0.302. The minimum absolute atomic E-state index is 0.199. The van der Waals surface area contributed by atoms with Gasteiger partial charge in [0.05, 0.1) is 12.6 Å². The summed E-state index contributed by atoms with van der Waals surface area (Å²) in [5, 5.41) is 11.4. The minimum atomic E-state index is -0.441. The normalized spacial score (nSPS) is 24.8. The molecule has 5 heteroatoms. The van der Waals surface area contributed by atoms with Crippen LogP contribution in [0.2, 0.25) is 0 Å². The van der Waals surface area contributed by atoms with Crippen molar-refractivity contribution >= 4 is 11.9 Å². The van der Waals surface area contributed by atoms with Crippen LogP contribution >= 0.6 is 0 Å². The fourth-order valence-electron chi connectivity index (χ4n) is 1.32. The summed E-state index contributed by atoms with van der Waals surface area (Å²) in [6.45, 7) is 3.26. The molecule has 1 saturated heterocycles. The van der Waals surface area contributed by atoms with Crippen molar-refractivity contribution in [3.8, 4) is 0 Å². The molecule has 0 aromatic heterocycles. The number of aliphatic hydroxyl groups is 1. The Kier molecular flexibility index (Phi) is 2.87. The topological polar surface area (TPSA) is 69.6 Å². The monoisotopic (exact) mass is 186 g/mol. The number of rotatable bonds is 3. The number of imide groups is 1. The quantitative estimate of drug-likeness (QED) is 0.594. The fraction of sp³-hybridized carbons (Fsp3) is 0.750. The molecular formula is C8H14N2O3. The van der Waals surface area contributed by atoms with Gasteiger partial charge in [0, 0.05) is 0 Å². The molecular weight excluding hydrogens is 172 g/mol. The van der Waals surface area contributed by atoms with E-state index in [2.05, 4.69) is 5.32 Å². The Balaban J connectivity index is 2.75. The Labute approximate surface area is 76.7 Å². The lowest BCUT2D eigenvalue weighted by Crippen LogP contribution is -2.41. The van der Waals surface area contributed by atoms with Crippen LogP contribution in [-0.4, -0.2) is 40.6 Å². The Hall–Kier alpha value is -1.10. The first-order valence-corrected chi connectivity index (χ1v) is 4.36. The zero-order valence-electron chi connectivity index (χ0n) is 7.78. The van der Waals surface area contributed by atoms with Gasteiger partial charge in [-0.1, -0.05) is 6.92 Å². The summed E-state index contributed by atoms with van der Waals surface area (Å²) in [6, 6.07) is -1.26. The molecule has 0 radical (unpaired) electrons. The van der Waals surface area contributed by atoms with Crippen molar-refractivity contribution in [2.75, 3.05) is 6.61 Å². The highest BCUT2D eigenvalue weighted by molar-refractivity contribution is 6.04. The predicted molar refractivity (Wildman–Crippen MR) is 46.0 cm³/mol. The van der Waals surface area contributed by atoms with Gasteiger partial charge in [0.1, 0.15) is 6.04 Å². The molecule has 0 aliphatic carbocycles. The van der Waals surface area contributed by atoms with E-state index >= 15 is 0 Å². The smallest absolute Gasteiger partial charge is 0.325 e. The maximum Gasteiger partial charge on any atom is 0.325 e. The number of carbonyl (C=O) groups excluding carboxylic acids is 2. The minimum Gasteiger partial charge on any atom is -0.394 e. The molecule has 0 saturated carbocycles. The highest BCUT2D eigenvalue weighted by atomic mass is 16.3. The molecule has 1 rings (SSSR count). The van der Waals surface area contributed by atoms with Crippen LogP contribution in [0.4, 0.5) is 4.79 Å². The zero-order chi connectivity index (χ0) is 10.0. The van der Waals surface area contributed by atoms with Crippen molar-refractivity contribution in [3.05, 3.63) is 0 Å². The molecule has 1 heterocycles. The van der Waals surface area contributed by atoms with Gasteiger partial charge in [-0.05, 0) is 13.3 Å². The van der Waals surface area contributed by atoms with Gasteiger partial charge >= 0.3 is 6.03 Å². The second kappa shape index (κ2) is 3.74. The van der Waals surface area contributed by atoms with E-state index in [9.17, 15) is 9.59 Å². The fourth-order valence-corrected chi connectivity index (χ4v) is 1.32. The molecule has 1 unspecified atom stereocenters. The van der Waals surface area contributed by atoms with Gasteiger partial charge in [0.2, 0.25) is 0 Å². The Morgan fingerprint density at radius 2 is 2.23 bits per heavy atom. The third-order valence-electron chi connectivity index (χ3n) is 2.17. The molecule has 0 aromatic carbocycles. The number of amides is 3. The molecule has 13 heavy (non-hydrogen) atoms. The SMILES string of the molecule is CC[C@@H]1NC(=O)N(C(C)CO)C1=O. The van der Waals surface area contributed by atoms with Crippen molar-refractivity contribution in [2.24, 2.45) is 0 Å². The third-order valence-corrected chi connectivity index (χ3v) is 2.17. The average Bonchev–Trinajstić information content (AvgIpc) is 2.40. The first kappa shape index (κ1) is 9.98. The van der Waals surface area contributed by atoms with E-state index in [0.29, 0.717) is 6.42 Å². The van der Waals surface area contributed by atoms with Crippen LogP contribution in [0.25, 0.3) is 0 Å². The Bertz CT molecular complexity index is 229. The van der Waals surface area contributed by atoms with E-state index < -0.39 is 18.1 Å². The molecule has 74 valence electrons. The summed E-state index contributed by atoms with van der Waals surface area (Å²) in [4.78, 5) is 23.8. The zero-order valence-corrected chi connectivity index (χ0v) is 7.78. The lowest BCUT2D eigenvalue weighted by Gasteiger charge is -2.18. The van der Waals surface area contributed by atoms with E-state index in [0.717, 1.165) is 4.90 Å². The number of hydrogen-bond donors (Lipinski definition) is 2. The molecule has 1 fully saturated rings. The lowest BCUT2D eigenvalue weighted by atomic mass is 10.2. The summed E-state index contributed by atoms with van der Waals surface area (Å²) < 4.78 is 0. The van der Waals surface area contributed by atoms with Crippen LogP contribution in [0.15, 0.2) is 0 Å². The number of aliphatic hydroxyl groups excluding tert-OH is 1. The molecule has 0 aromatic rings. The number of carbonyl (C=O) groups is 2. The molecule has 1 aliphatic heterocycles. The van der Waals surface area contributed by atoms with Crippen LogP contribution in [0, 0.1) is 0 Å². The van der Waals surface area contributed by atoms with E-state index in [-0.39, 0.29) is 12.5 Å². The highest BCUT2D eigenvalue weighted by Gasteiger charge is 2.39. The van der Waals surface area contributed by atoms with Crippen LogP contribution in [0.3, 0.4) is 0 Å². The summed E-state index contributed by atoms with van der Waals surface area (Å²) in [5.74, 6) is -0.242. The molecule has 1 aliphatic rings. The van der Waals surface area contributed by atoms with Crippen LogP contribution in [0.5, 0.6) is 0 Å². The maximum atomic E-state index is 11.5. The second-order valence-electron chi connectivity index (χ2n) is 3.15. The third kappa shape index (κ3) is 1.65. The maximum absolute atomic E-state index is 11.5. The van der Waals surface area contributed by atoms with Gasteiger partial charge in [0.25, 0.3) is 5.91 Å². The summed E-state index contributed by atoms with van der Waals surface area (Å²) in [5.41, 5.74) is 0. The highest BCUT2D eigenvalue weighted by Crippen LogP contribution is 2.12. The van der Waals surface area contributed by atoms with Crippen molar-refractivity contribution in [1.82, 2.24) is 10.2 Å². The van der Waals surface area contributed by atoms with Gasteiger partial charge in [0.15, 0.2) is 0 Å². The first-order valence-electron chi connectivity index (χ1n) is 4.36. The molecule has 0 spiro atoms. The van der Waals surface area contributed by atoms with Gasteiger partial charge in [-0.15, -0.1) is 0 Å². The second-order valence-corrected chi connectivity index (χ2v) is 3.15. The number of hydrogen-bond acceptors (Lipinski definition) is 3. The van der Waals surface area contributed by atoms with Crippen molar-refractivity contribution < 1.29 is 14.7 Å². The number of nitrogens with one attached hydrogen (secondary N) is 1. The Morgan fingerprint density at radius 1 is 1.62 bits per heavy atom. The van der Waals surface area contributed by atoms with Crippen LogP contribution < -0.4 is 5.32 Å². The van der Waals surface area contributed by atoms with Crippen molar-refractivity contribution in [2.45, 2.75) is 32.4 Å². The van der Waals surface area contributed by atoms with Crippen molar-refractivity contribution in [1.29, 1.82) is 0 Å². The van der Waals surface area contributed by atoms with E-state index in [1.54, 1.807) is 6.92 Å². The molecule has 2 atom stereocenters. The average molecular weight is 186 g/mol. The van der Waals surface area contributed by atoms with Gasteiger partial charge in [-0.2, -0.15) is 0 Å². The van der Waals surface area contributed by atoms with E-state index in [1.807, 2.05) is 6.92 Å². The summed E-state index contributed by atoms with van der Waals surface area (Å²) in [6.07, 6.45) is 0.583. The van der Waals surface area contributed by atoms with Crippen LogP contribution in [0.1, 0.15) is 20.3 Å². The van der Waals surface area contributed by atoms with Crippen molar-refractivity contribution in [3.63, 3.8) is 0 Å². The van der Waals surface area contributed by atoms with Gasteiger partial charge in [-0.3, -0.25) is 9.69 Å². The number of nitrogens with zero attached hydrogens (tertiary/aromatic N) is 1. The number of urea groups is 1. The standard InChI is InChI=1S/C8H14N2O3/c1-3-6-7(12)10(5(2)4-11)8(13)9-6/h5-6,11H,3-4H2,1-2H3,(H,9,13)/t5?,6-/m0/s1. The largest absolute Gasteiger partial charge is 0.394 e. The molecule has 5 nitrogen and oxygen atoms in total. The van der Waals surface area contributed by atoms with Gasteiger partial charge in [-0.25, -0.2) is 4.79 Å². The van der Waals surface area contributed by atoms with Crippen LogP contribution in [-0.2, 0) is 4.79 Å². The van der Waals surface area contributed by atoms with E-state index in [4.69, 9.17) is 5.11 Å². The Morgan fingerprint density at radius 3 is 2.62 bits per heavy atom. The summed E-state index contributed by atoms with van der Waals surface area (Å²) >= 11 is 0.